The topological polar surface area (TPSA) is 91.8 Å². The van der Waals surface area contributed by atoms with Gasteiger partial charge >= 0.3 is 12.1 Å². The Hall–Kier alpha value is -2.96. The lowest BCUT2D eigenvalue weighted by atomic mass is 10.1. The SMILES string of the molecule is O=C(C1CN(Cc2ccoc2)Cc2cncn21)N1CC(F)(F)C1.O=C(O)C(F)(F)F. The minimum Gasteiger partial charge on any atom is -0.475 e. The highest BCUT2D eigenvalue weighted by Gasteiger charge is 2.48. The highest BCUT2D eigenvalue weighted by atomic mass is 19.4. The predicted octanol–water partition coefficient (Wildman–Crippen LogP) is 2.14. The van der Waals surface area contributed by atoms with Gasteiger partial charge in [-0.1, -0.05) is 0 Å². The molecule has 2 aromatic heterocycles. The minimum absolute atomic E-state index is 0.271. The quantitative estimate of drug-likeness (QED) is 0.742. The molecule has 2 aliphatic rings. The molecule has 1 saturated heterocycles. The van der Waals surface area contributed by atoms with Crippen LogP contribution >= 0.6 is 0 Å². The number of furan rings is 1. The molecule has 1 unspecified atom stereocenters. The van der Waals surface area contributed by atoms with E-state index in [2.05, 4.69) is 9.88 Å². The molecule has 0 bridgehead atoms. The van der Waals surface area contributed by atoms with Gasteiger partial charge in [-0.2, -0.15) is 13.2 Å². The van der Waals surface area contributed by atoms with Crippen LogP contribution < -0.4 is 0 Å². The van der Waals surface area contributed by atoms with E-state index in [4.69, 9.17) is 14.3 Å². The van der Waals surface area contributed by atoms with Gasteiger partial charge in [-0.3, -0.25) is 9.69 Å². The van der Waals surface area contributed by atoms with Crippen LogP contribution in [0.3, 0.4) is 0 Å². The fourth-order valence-corrected chi connectivity index (χ4v) is 3.20. The van der Waals surface area contributed by atoms with Crippen molar-refractivity contribution in [2.75, 3.05) is 19.6 Å². The van der Waals surface area contributed by atoms with Crippen LogP contribution in [0.1, 0.15) is 17.3 Å². The number of rotatable bonds is 3. The van der Waals surface area contributed by atoms with Crippen molar-refractivity contribution in [2.24, 2.45) is 0 Å². The molecule has 2 aliphatic heterocycles. The van der Waals surface area contributed by atoms with Crippen LogP contribution in [0.5, 0.6) is 0 Å². The van der Waals surface area contributed by atoms with Crippen molar-refractivity contribution in [1.82, 2.24) is 19.4 Å². The van der Waals surface area contributed by atoms with Crippen LogP contribution in [0.4, 0.5) is 22.0 Å². The molecule has 1 amide bonds. The summed E-state index contributed by atoms with van der Waals surface area (Å²) >= 11 is 0. The molecular weight excluding hydrogens is 419 g/mol. The van der Waals surface area contributed by atoms with E-state index in [1.54, 1.807) is 29.6 Å². The van der Waals surface area contributed by atoms with E-state index < -0.39 is 37.2 Å². The summed E-state index contributed by atoms with van der Waals surface area (Å²) in [6.07, 6.45) is 1.50. The number of amides is 1. The van der Waals surface area contributed by atoms with Crippen LogP contribution in [0, 0.1) is 0 Å². The van der Waals surface area contributed by atoms with Gasteiger partial charge < -0.3 is 19.0 Å². The molecule has 8 nitrogen and oxygen atoms in total. The largest absolute Gasteiger partial charge is 0.490 e. The summed E-state index contributed by atoms with van der Waals surface area (Å²) in [4.78, 5) is 28.9. The van der Waals surface area contributed by atoms with Gasteiger partial charge in [0.05, 0.1) is 37.6 Å². The van der Waals surface area contributed by atoms with E-state index in [0.29, 0.717) is 19.6 Å². The number of fused-ring (bicyclic) bond motifs is 1. The summed E-state index contributed by atoms with van der Waals surface area (Å²) in [5.74, 6) is -5.78. The van der Waals surface area contributed by atoms with Gasteiger partial charge in [0, 0.05) is 31.4 Å². The molecule has 2 aromatic rings. The number of carboxylic acids is 1. The number of hydrogen-bond acceptors (Lipinski definition) is 5. The van der Waals surface area contributed by atoms with Crippen molar-refractivity contribution >= 4 is 11.9 Å². The lowest BCUT2D eigenvalue weighted by Gasteiger charge is -2.42. The number of aromatic nitrogens is 2. The summed E-state index contributed by atoms with van der Waals surface area (Å²) in [6, 6.07) is 1.36. The Morgan fingerprint density at radius 3 is 2.50 bits per heavy atom. The Labute approximate surface area is 166 Å². The maximum Gasteiger partial charge on any atom is 0.490 e. The third-order valence-corrected chi connectivity index (χ3v) is 4.57. The third-order valence-electron chi connectivity index (χ3n) is 4.57. The maximum absolute atomic E-state index is 13.0. The Kier molecular flexibility index (Phi) is 5.83. The average Bonchev–Trinajstić information content (AvgIpc) is 3.29. The summed E-state index contributed by atoms with van der Waals surface area (Å²) in [6.45, 7) is 0.782. The van der Waals surface area contributed by atoms with Gasteiger partial charge in [-0.05, 0) is 6.07 Å². The monoisotopic (exact) mass is 436 g/mol. The molecule has 0 aromatic carbocycles. The van der Waals surface area contributed by atoms with Crippen molar-refractivity contribution in [3.8, 4) is 0 Å². The Bertz CT molecular complexity index is 888. The minimum atomic E-state index is -5.08. The zero-order valence-electron chi connectivity index (χ0n) is 15.4. The van der Waals surface area contributed by atoms with E-state index in [1.165, 1.54) is 4.90 Å². The summed E-state index contributed by atoms with van der Waals surface area (Å²) < 4.78 is 64.7. The second-order valence-electron chi connectivity index (χ2n) is 6.96. The van der Waals surface area contributed by atoms with E-state index in [0.717, 1.165) is 11.3 Å². The molecule has 30 heavy (non-hydrogen) atoms. The average molecular weight is 436 g/mol. The van der Waals surface area contributed by atoms with Crippen molar-refractivity contribution < 1.29 is 41.1 Å². The second kappa shape index (κ2) is 8.05. The number of carbonyl (C=O) groups excluding carboxylic acids is 1. The highest BCUT2D eigenvalue weighted by molar-refractivity contribution is 5.82. The van der Waals surface area contributed by atoms with Crippen molar-refractivity contribution in [3.63, 3.8) is 0 Å². The van der Waals surface area contributed by atoms with Gasteiger partial charge in [0.2, 0.25) is 5.91 Å². The third kappa shape index (κ3) is 4.96. The Balaban J connectivity index is 0.000000318. The smallest absolute Gasteiger partial charge is 0.475 e. The van der Waals surface area contributed by atoms with Crippen molar-refractivity contribution in [3.05, 3.63) is 42.4 Å². The number of carbonyl (C=O) groups is 2. The van der Waals surface area contributed by atoms with E-state index >= 15 is 0 Å². The molecular formula is C17H17F5N4O4. The van der Waals surface area contributed by atoms with Crippen molar-refractivity contribution in [2.45, 2.75) is 31.2 Å². The van der Waals surface area contributed by atoms with Gasteiger partial charge in [0.25, 0.3) is 5.92 Å². The first-order chi connectivity index (χ1) is 14.0. The number of imidazole rings is 1. The fraction of sp³-hybridized carbons (Fsp3) is 0.471. The summed E-state index contributed by atoms with van der Waals surface area (Å²) in [5, 5.41) is 7.12. The molecule has 0 spiro atoms. The van der Waals surface area contributed by atoms with Crippen LogP contribution in [0.2, 0.25) is 0 Å². The number of halogens is 5. The van der Waals surface area contributed by atoms with E-state index in [1.807, 2.05) is 6.07 Å². The molecule has 0 aliphatic carbocycles. The summed E-state index contributed by atoms with van der Waals surface area (Å²) in [5.41, 5.74) is 1.92. The lowest BCUT2D eigenvalue weighted by molar-refractivity contribution is -0.192. The number of hydrogen-bond donors (Lipinski definition) is 1. The first-order valence-corrected chi connectivity index (χ1v) is 8.67. The van der Waals surface area contributed by atoms with Gasteiger partial charge in [-0.25, -0.2) is 18.6 Å². The second-order valence-corrected chi connectivity index (χ2v) is 6.96. The first-order valence-electron chi connectivity index (χ1n) is 8.67. The molecule has 1 atom stereocenters. The molecule has 4 heterocycles. The lowest BCUT2D eigenvalue weighted by Crippen LogP contribution is -2.61. The summed E-state index contributed by atoms with van der Waals surface area (Å²) in [7, 11) is 0. The number of aliphatic carboxylic acids is 1. The normalized spacial score (nSPS) is 20.6. The van der Waals surface area contributed by atoms with E-state index in [-0.39, 0.29) is 5.91 Å². The standard InChI is InChI=1S/C15H16F2N4O2.C2HF3O2/c16-15(17)8-20(9-15)14(22)13-6-19(4-11-1-2-23-7-11)5-12-3-18-10-21(12)13;3-2(4,5)1(6)7/h1-3,7,10,13H,4-6,8-9H2;(H,6,7). The predicted molar refractivity (Wildman–Crippen MR) is 89.3 cm³/mol. The number of alkyl halides is 5. The molecule has 1 N–H and O–H groups in total. The zero-order valence-corrected chi connectivity index (χ0v) is 15.4. The molecule has 13 heteroatoms. The first kappa shape index (κ1) is 21.7. The Morgan fingerprint density at radius 2 is 1.97 bits per heavy atom. The van der Waals surface area contributed by atoms with Crippen LogP contribution in [-0.4, -0.2) is 68.1 Å². The van der Waals surface area contributed by atoms with Gasteiger partial charge in [-0.15, -0.1) is 0 Å². The maximum atomic E-state index is 13.0. The van der Waals surface area contributed by atoms with Crippen molar-refractivity contribution in [1.29, 1.82) is 0 Å². The molecule has 0 radical (unpaired) electrons. The van der Waals surface area contributed by atoms with Gasteiger partial charge in [0.1, 0.15) is 6.04 Å². The number of likely N-dealkylation sites (tertiary alicyclic amines) is 1. The molecule has 164 valence electrons. The van der Waals surface area contributed by atoms with Gasteiger partial charge in [0.15, 0.2) is 0 Å². The molecule has 0 saturated carbocycles. The molecule has 4 rings (SSSR count). The van der Waals surface area contributed by atoms with Crippen LogP contribution in [0.15, 0.2) is 35.5 Å². The number of nitrogens with zero attached hydrogens (tertiary/aromatic N) is 4. The Morgan fingerprint density at radius 1 is 1.30 bits per heavy atom. The zero-order chi connectivity index (χ0) is 22.1. The highest BCUT2D eigenvalue weighted by Crippen LogP contribution is 2.31. The van der Waals surface area contributed by atoms with Crippen LogP contribution in [0.25, 0.3) is 0 Å². The van der Waals surface area contributed by atoms with Crippen LogP contribution in [-0.2, 0) is 22.7 Å². The fourth-order valence-electron chi connectivity index (χ4n) is 3.20. The molecule has 1 fully saturated rings. The van der Waals surface area contributed by atoms with E-state index in [9.17, 15) is 26.7 Å². The number of carboxylic acid groups (broad SMARTS) is 1.